The molecule has 0 aliphatic carbocycles. The molecule has 1 N–H and O–H groups in total. The molecule has 0 spiro atoms. The number of hydrogen-bond donors (Lipinski definition) is 1. The Morgan fingerprint density at radius 2 is 2.11 bits per heavy atom. The number of fused-ring (bicyclic) bond motifs is 1. The second kappa shape index (κ2) is 4.40. The predicted octanol–water partition coefficient (Wildman–Crippen LogP) is 2.78. The first-order chi connectivity index (χ1) is 8.36. The van der Waals surface area contributed by atoms with Crippen molar-refractivity contribution in [3.63, 3.8) is 0 Å². The molecule has 2 rings (SSSR count). The standard InChI is InChI=1S/C13H16O5/c1-13(2,3)8-4-5-9-10(6-8)17-11(7-16-9)18-12(14)15/h4-6,11H,7H2,1-3H3,(H,14,15). The summed E-state index contributed by atoms with van der Waals surface area (Å²) >= 11 is 0. The van der Waals surface area contributed by atoms with Gasteiger partial charge in [-0.2, -0.15) is 0 Å². The third-order valence-corrected chi connectivity index (χ3v) is 2.68. The van der Waals surface area contributed by atoms with Gasteiger partial charge in [-0.25, -0.2) is 4.79 Å². The van der Waals surface area contributed by atoms with E-state index in [1.165, 1.54) is 0 Å². The molecule has 1 aliphatic heterocycles. The Kier molecular flexibility index (Phi) is 3.07. The molecule has 0 radical (unpaired) electrons. The van der Waals surface area contributed by atoms with Crippen LogP contribution in [-0.4, -0.2) is 24.2 Å². The molecule has 0 aromatic heterocycles. The Bertz CT molecular complexity index is 461. The average Bonchev–Trinajstić information content (AvgIpc) is 2.26. The first-order valence-corrected chi connectivity index (χ1v) is 5.70. The lowest BCUT2D eigenvalue weighted by Crippen LogP contribution is -2.33. The minimum Gasteiger partial charge on any atom is -0.482 e. The maximum Gasteiger partial charge on any atom is 0.509 e. The summed E-state index contributed by atoms with van der Waals surface area (Å²) in [6, 6.07) is 5.65. The molecule has 0 amide bonds. The van der Waals surface area contributed by atoms with Crippen molar-refractivity contribution in [2.24, 2.45) is 0 Å². The number of ether oxygens (including phenoxy) is 3. The van der Waals surface area contributed by atoms with Gasteiger partial charge in [0.15, 0.2) is 18.1 Å². The minimum absolute atomic E-state index is 0.0149. The summed E-state index contributed by atoms with van der Waals surface area (Å²) < 4.78 is 15.4. The lowest BCUT2D eigenvalue weighted by Gasteiger charge is -2.27. The fourth-order valence-corrected chi connectivity index (χ4v) is 1.69. The monoisotopic (exact) mass is 252 g/mol. The van der Waals surface area contributed by atoms with Gasteiger partial charge in [0.1, 0.15) is 0 Å². The number of carboxylic acid groups (broad SMARTS) is 1. The van der Waals surface area contributed by atoms with Crippen LogP contribution in [0.3, 0.4) is 0 Å². The van der Waals surface area contributed by atoms with Crippen molar-refractivity contribution in [2.45, 2.75) is 32.5 Å². The number of rotatable bonds is 1. The molecule has 1 aliphatic rings. The van der Waals surface area contributed by atoms with Crippen molar-refractivity contribution in [2.75, 3.05) is 6.61 Å². The summed E-state index contributed by atoms with van der Waals surface area (Å²) in [6.45, 7) is 6.32. The van der Waals surface area contributed by atoms with Crippen molar-refractivity contribution >= 4 is 6.16 Å². The highest BCUT2D eigenvalue weighted by molar-refractivity contribution is 5.57. The number of benzene rings is 1. The normalized spacial score (nSPS) is 18.3. The van der Waals surface area contributed by atoms with E-state index in [4.69, 9.17) is 14.6 Å². The van der Waals surface area contributed by atoms with Gasteiger partial charge in [-0.05, 0) is 23.1 Å². The van der Waals surface area contributed by atoms with Crippen LogP contribution in [0, 0.1) is 0 Å². The molecule has 0 saturated carbocycles. The van der Waals surface area contributed by atoms with Crippen LogP contribution >= 0.6 is 0 Å². The molecule has 5 heteroatoms. The van der Waals surface area contributed by atoms with Gasteiger partial charge in [0.25, 0.3) is 6.29 Å². The molecule has 5 nitrogen and oxygen atoms in total. The fourth-order valence-electron chi connectivity index (χ4n) is 1.69. The van der Waals surface area contributed by atoms with Crippen LogP contribution in [0.25, 0.3) is 0 Å². The second-order valence-electron chi connectivity index (χ2n) is 5.15. The molecule has 98 valence electrons. The molecular formula is C13H16O5. The summed E-state index contributed by atoms with van der Waals surface area (Å²) in [5.41, 5.74) is 1.07. The molecule has 0 bridgehead atoms. The highest BCUT2D eigenvalue weighted by Crippen LogP contribution is 2.36. The van der Waals surface area contributed by atoms with E-state index in [0.717, 1.165) is 5.56 Å². The molecule has 1 aromatic rings. The van der Waals surface area contributed by atoms with Crippen LogP contribution in [0.4, 0.5) is 4.79 Å². The maximum atomic E-state index is 10.4. The molecule has 0 saturated heterocycles. The Balaban J connectivity index is 2.22. The van der Waals surface area contributed by atoms with Gasteiger partial charge >= 0.3 is 6.16 Å². The fraction of sp³-hybridized carbons (Fsp3) is 0.462. The van der Waals surface area contributed by atoms with E-state index in [1.807, 2.05) is 18.2 Å². The topological polar surface area (TPSA) is 65.0 Å². The van der Waals surface area contributed by atoms with Crippen LogP contribution in [0.15, 0.2) is 18.2 Å². The highest BCUT2D eigenvalue weighted by atomic mass is 16.8. The Morgan fingerprint density at radius 3 is 2.72 bits per heavy atom. The summed E-state index contributed by atoms with van der Waals surface area (Å²) in [5, 5.41) is 8.54. The van der Waals surface area contributed by atoms with Crippen molar-refractivity contribution in [1.82, 2.24) is 0 Å². The largest absolute Gasteiger partial charge is 0.509 e. The molecule has 1 atom stereocenters. The van der Waals surface area contributed by atoms with E-state index < -0.39 is 12.4 Å². The van der Waals surface area contributed by atoms with Crippen molar-refractivity contribution in [1.29, 1.82) is 0 Å². The van der Waals surface area contributed by atoms with E-state index >= 15 is 0 Å². The van der Waals surface area contributed by atoms with Crippen molar-refractivity contribution in [3.8, 4) is 11.5 Å². The summed E-state index contributed by atoms with van der Waals surface area (Å²) in [6.07, 6.45) is -2.29. The molecule has 18 heavy (non-hydrogen) atoms. The predicted molar refractivity (Wildman–Crippen MR) is 64.2 cm³/mol. The first-order valence-electron chi connectivity index (χ1n) is 5.70. The number of hydrogen-bond acceptors (Lipinski definition) is 4. The molecule has 0 fully saturated rings. The Morgan fingerprint density at radius 1 is 1.39 bits per heavy atom. The first kappa shape index (κ1) is 12.5. The van der Waals surface area contributed by atoms with Gasteiger partial charge in [-0.1, -0.05) is 26.8 Å². The van der Waals surface area contributed by atoms with Gasteiger partial charge < -0.3 is 19.3 Å². The number of carbonyl (C=O) groups is 1. The smallest absolute Gasteiger partial charge is 0.482 e. The van der Waals surface area contributed by atoms with Crippen LogP contribution in [0.5, 0.6) is 11.5 Å². The SMILES string of the molecule is CC(C)(C)c1ccc2c(c1)OC(OC(=O)O)CO2. The molecule has 1 unspecified atom stereocenters. The van der Waals surface area contributed by atoms with Gasteiger partial charge in [0, 0.05) is 0 Å². The van der Waals surface area contributed by atoms with E-state index in [2.05, 4.69) is 25.5 Å². The highest BCUT2D eigenvalue weighted by Gasteiger charge is 2.25. The third kappa shape index (κ3) is 2.67. The van der Waals surface area contributed by atoms with Gasteiger partial charge in [-0.3, -0.25) is 0 Å². The van der Waals surface area contributed by atoms with E-state index in [1.54, 1.807) is 0 Å². The Hall–Kier alpha value is -1.91. The zero-order valence-electron chi connectivity index (χ0n) is 10.6. The zero-order valence-corrected chi connectivity index (χ0v) is 10.6. The average molecular weight is 252 g/mol. The van der Waals surface area contributed by atoms with Gasteiger partial charge in [0.2, 0.25) is 0 Å². The van der Waals surface area contributed by atoms with Crippen LogP contribution in [0.2, 0.25) is 0 Å². The molecule has 1 heterocycles. The molecular weight excluding hydrogens is 236 g/mol. The van der Waals surface area contributed by atoms with E-state index in [9.17, 15) is 4.79 Å². The van der Waals surface area contributed by atoms with Crippen LogP contribution in [-0.2, 0) is 10.2 Å². The summed E-state index contributed by atoms with van der Waals surface area (Å²) in [4.78, 5) is 10.4. The maximum absolute atomic E-state index is 10.4. The summed E-state index contributed by atoms with van der Waals surface area (Å²) in [5.74, 6) is 1.12. The van der Waals surface area contributed by atoms with Gasteiger partial charge in [-0.15, -0.1) is 0 Å². The van der Waals surface area contributed by atoms with Crippen LogP contribution in [0.1, 0.15) is 26.3 Å². The third-order valence-electron chi connectivity index (χ3n) is 2.68. The minimum atomic E-state index is -1.38. The van der Waals surface area contributed by atoms with Crippen molar-refractivity contribution < 1.29 is 24.1 Å². The summed E-state index contributed by atoms with van der Waals surface area (Å²) in [7, 11) is 0. The zero-order chi connectivity index (χ0) is 13.3. The Labute approximate surface area is 105 Å². The lowest BCUT2D eigenvalue weighted by atomic mass is 9.87. The van der Waals surface area contributed by atoms with Crippen LogP contribution < -0.4 is 9.47 Å². The van der Waals surface area contributed by atoms with E-state index in [-0.39, 0.29) is 12.0 Å². The van der Waals surface area contributed by atoms with E-state index in [0.29, 0.717) is 11.5 Å². The molecule has 1 aromatic carbocycles. The lowest BCUT2D eigenvalue weighted by molar-refractivity contribution is -0.0895. The quantitative estimate of drug-likeness (QED) is 0.778. The van der Waals surface area contributed by atoms with Gasteiger partial charge in [0.05, 0.1) is 0 Å². The van der Waals surface area contributed by atoms with Crippen molar-refractivity contribution in [3.05, 3.63) is 23.8 Å². The second-order valence-corrected chi connectivity index (χ2v) is 5.15.